The molecule has 1 amide bonds. The summed E-state index contributed by atoms with van der Waals surface area (Å²) in [7, 11) is 0. The summed E-state index contributed by atoms with van der Waals surface area (Å²) in [5.41, 5.74) is -0.949. The Kier molecular flexibility index (Phi) is 3.92. The van der Waals surface area contributed by atoms with E-state index in [1.165, 1.54) is 6.07 Å². The van der Waals surface area contributed by atoms with Gasteiger partial charge in [-0.15, -0.1) is 0 Å². The first-order valence-corrected chi connectivity index (χ1v) is 5.73. The van der Waals surface area contributed by atoms with Crippen LogP contribution in [0.15, 0.2) is 6.07 Å². The third-order valence-corrected chi connectivity index (χ3v) is 2.69. The van der Waals surface area contributed by atoms with Gasteiger partial charge in [-0.2, -0.15) is 5.10 Å². The standard InChI is InChI=1S/C12H8F5N3O/c1-2-4-3-5(20-19-4)18-12(21)6-7(13)9(15)11(17)10(16)8(6)14/h3H,2H2,1H3,(H2,18,19,20,21). The lowest BCUT2D eigenvalue weighted by atomic mass is 10.1. The van der Waals surface area contributed by atoms with Gasteiger partial charge in [0.2, 0.25) is 5.82 Å². The van der Waals surface area contributed by atoms with Gasteiger partial charge in [0.1, 0.15) is 5.56 Å². The highest BCUT2D eigenvalue weighted by molar-refractivity contribution is 6.04. The number of aromatic nitrogens is 2. The van der Waals surface area contributed by atoms with Gasteiger partial charge in [-0.3, -0.25) is 9.89 Å². The van der Waals surface area contributed by atoms with Crippen LogP contribution in [0, 0.1) is 29.1 Å². The fourth-order valence-electron chi connectivity index (χ4n) is 1.59. The summed E-state index contributed by atoms with van der Waals surface area (Å²) in [6.45, 7) is 1.78. The fraction of sp³-hybridized carbons (Fsp3) is 0.167. The molecule has 0 aliphatic rings. The predicted octanol–water partition coefficient (Wildman–Crippen LogP) is 2.92. The molecule has 0 fully saturated rings. The van der Waals surface area contributed by atoms with E-state index in [0.717, 1.165) is 0 Å². The molecule has 21 heavy (non-hydrogen) atoms. The van der Waals surface area contributed by atoms with Crippen molar-refractivity contribution in [2.75, 3.05) is 5.32 Å². The van der Waals surface area contributed by atoms with Gasteiger partial charge in [0.05, 0.1) is 0 Å². The van der Waals surface area contributed by atoms with Gasteiger partial charge in [-0.25, -0.2) is 22.0 Å². The van der Waals surface area contributed by atoms with Gasteiger partial charge in [-0.05, 0) is 6.42 Å². The molecule has 0 spiro atoms. The third-order valence-electron chi connectivity index (χ3n) is 2.69. The van der Waals surface area contributed by atoms with Crippen molar-refractivity contribution < 1.29 is 26.7 Å². The zero-order valence-electron chi connectivity index (χ0n) is 10.5. The van der Waals surface area contributed by atoms with Gasteiger partial charge in [-0.1, -0.05) is 6.92 Å². The first-order valence-electron chi connectivity index (χ1n) is 5.73. The first kappa shape index (κ1) is 14.9. The fourth-order valence-corrected chi connectivity index (χ4v) is 1.59. The lowest BCUT2D eigenvalue weighted by Gasteiger charge is -2.07. The quantitative estimate of drug-likeness (QED) is 0.520. The monoisotopic (exact) mass is 305 g/mol. The second kappa shape index (κ2) is 5.51. The van der Waals surface area contributed by atoms with Crippen molar-refractivity contribution in [2.24, 2.45) is 0 Å². The molecular formula is C12H8F5N3O. The minimum absolute atomic E-state index is 0.0965. The number of nitrogens with one attached hydrogen (secondary N) is 2. The Morgan fingerprint density at radius 1 is 1.10 bits per heavy atom. The number of H-pyrrole nitrogens is 1. The number of aryl methyl sites for hydroxylation is 1. The number of anilines is 1. The number of carbonyl (C=O) groups is 1. The molecule has 0 unspecified atom stereocenters. The molecule has 0 saturated heterocycles. The van der Waals surface area contributed by atoms with E-state index in [-0.39, 0.29) is 5.82 Å². The summed E-state index contributed by atoms with van der Waals surface area (Å²) in [6.07, 6.45) is 0.547. The number of hydrogen-bond acceptors (Lipinski definition) is 2. The zero-order chi connectivity index (χ0) is 15.7. The minimum atomic E-state index is -2.32. The van der Waals surface area contributed by atoms with Crippen LogP contribution in [0.3, 0.4) is 0 Å². The van der Waals surface area contributed by atoms with E-state index < -0.39 is 40.6 Å². The van der Waals surface area contributed by atoms with Crippen molar-refractivity contribution in [3.8, 4) is 0 Å². The van der Waals surface area contributed by atoms with E-state index in [9.17, 15) is 26.7 Å². The number of rotatable bonds is 3. The van der Waals surface area contributed by atoms with Crippen LogP contribution in [0.4, 0.5) is 27.8 Å². The van der Waals surface area contributed by atoms with E-state index in [2.05, 4.69) is 10.2 Å². The molecule has 0 aliphatic carbocycles. The number of benzene rings is 1. The average Bonchev–Trinajstić information content (AvgIpc) is 2.90. The lowest BCUT2D eigenvalue weighted by molar-refractivity contribution is 0.101. The minimum Gasteiger partial charge on any atom is -0.305 e. The maximum Gasteiger partial charge on any atom is 0.263 e. The van der Waals surface area contributed by atoms with Crippen LogP contribution in [0.2, 0.25) is 0 Å². The van der Waals surface area contributed by atoms with E-state index in [1.807, 2.05) is 5.32 Å². The second-order valence-electron chi connectivity index (χ2n) is 4.03. The molecular weight excluding hydrogens is 297 g/mol. The van der Waals surface area contributed by atoms with E-state index >= 15 is 0 Å². The van der Waals surface area contributed by atoms with Crippen molar-refractivity contribution in [1.29, 1.82) is 0 Å². The molecule has 1 heterocycles. The number of nitrogens with zero attached hydrogens (tertiary/aromatic N) is 1. The summed E-state index contributed by atoms with van der Waals surface area (Å²) >= 11 is 0. The Morgan fingerprint density at radius 3 is 2.10 bits per heavy atom. The van der Waals surface area contributed by atoms with Crippen LogP contribution in [-0.2, 0) is 6.42 Å². The Morgan fingerprint density at radius 2 is 1.62 bits per heavy atom. The van der Waals surface area contributed by atoms with Gasteiger partial charge >= 0.3 is 0 Å². The molecule has 1 aromatic heterocycles. The largest absolute Gasteiger partial charge is 0.305 e. The summed E-state index contributed by atoms with van der Waals surface area (Å²) in [5.74, 6) is -12.7. The third kappa shape index (κ3) is 2.58. The number of halogens is 5. The SMILES string of the molecule is CCc1cc(NC(=O)c2c(F)c(F)c(F)c(F)c2F)n[nH]1. The number of hydrogen-bond donors (Lipinski definition) is 2. The van der Waals surface area contributed by atoms with Crippen molar-refractivity contribution in [2.45, 2.75) is 13.3 Å². The molecule has 0 aliphatic heterocycles. The van der Waals surface area contributed by atoms with E-state index in [1.54, 1.807) is 6.92 Å². The maximum atomic E-state index is 13.4. The molecule has 9 heteroatoms. The van der Waals surface area contributed by atoms with Gasteiger partial charge < -0.3 is 5.32 Å². The molecule has 1 aromatic carbocycles. The van der Waals surface area contributed by atoms with E-state index in [0.29, 0.717) is 12.1 Å². The van der Waals surface area contributed by atoms with Crippen LogP contribution in [0.1, 0.15) is 23.0 Å². The number of amides is 1. The smallest absolute Gasteiger partial charge is 0.263 e. The Hall–Kier alpha value is -2.45. The van der Waals surface area contributed by atoms with Gasteiger partial charge in [0, 0.05) is 11.8 Å². The van der Waals surface area contributed by atoms with Crippen molar-refractivity contribution in [3.05, 3.63) is 46.4 Å². The predicted molar refractivity (Wildman–Crippen MR) is 62.2 cm³/mol. The molecule has 0 radical (unpaired) electrons. The van der Waals surface area contributed by atoms with Crippen molar-refractivity contribution in [3.63, 3.8) is 0 Å². The highest BCUT2D eigenvalue weighted by Gasteiger charge is 2.29. The van der Waals surface area contributed by atoms with E-state index in [4.69, 9.17) is 0 Å². The molecule has 4 nitrogen and oxygen atoms in total. The van der Waals surface area contributed by atoms with Crippen molar-refractivity contribution >= 4 is 11.7 Å². The number of aromatic amines is 1. The summed E-state index contributed by atoms with van der Waals surface area (Å²) in [5, 5.41) is 8.08. The highest BCUT2D eigenvalue weighted by atomic mass is 19.2. The van der Waals surface area contributed by atoms with Crippen LogP contribution >= 0.6 is 0 Å². The van der Waals surface area contributed by atoms with Crippen LogP contribution < -0.4 is 5.32 Å². The zero-order valence-corrected chi connectivity index (χ0v) is 10.5. The number of carbonyl (C=O) groups excluding carboxylic acids is 1. The molecule has 0 bridgehead atoms. The molecule has 0 saturated carbocycles. The Labute approximate surface area is 115 Å². The average molecular weight is 305 g/mol. The normalized spacial score (nSPS) is 10.8. The topological polar surface area (TPSA) is 57.8 Å². The highest BCUT2D eigenvalue weighted by Crippen LogP contribution is 2.23. The summed E-state index contributed by atoms with van der Waals surface area (Å²) in [6, 6.07) is 1.37. The molecule has 112 valence electrons. The van der Waals surface area contributed by atoms with Crippen molar-refractivity contribution in [1.82, 2.24) is 10.2 Å². The molecule has 0 atom stereocenters. The summed E-state index contributed by atoms with van der Waals surface area (Å²) in [4.78, 5) is 11.7. The van der Waals surface area contributed by atoms with Crippen LogP contribution in [0.5, 0.6) is 0 Å². The lowest BCUT2D eigenvalue weighted by Crippen LogP contribution is -2.19. The first-order chi connectivity index (χ1) is 9.86. The van der Waals surface area contributed by atoms with Crippen LogP contribution in [-0.4, -0.2) is 16.1 Å². The Balaban J connectivity index is 2.39. The maximum absolute atomic E-state index is 13.4. The second-order valence-corrected chi connectivity index (χ2v) is 4.03. The molecule has 2 N–H and O–H groups in total. The summed E-state index contributed by atoms with van der Waals surface area (Å²) < 4.78 is 65.7. The van der Waals surface area contributed by atoms with Crippen LogP contribution in [0.25, 0.3) is 0 Å². The Bertz CT molecular complexity index is 684. The molecule has 2 aromatic rings. The molecule has 2 rings (SSSR count). The van der Waals surface area contributed by atoms with Gasteiger partial charge in [0.25, 0.3) is 5.91 Å². The van der Waals surface area contributed by atoms with Gasteiger partial charge in [0.15, 0.2) is 29.1 Å².